The summed E-state index contributed by atoms with van der Waals surface area (Å²) in [5.74, 6) is -1.37. The minimum atomic E-state index is -0.577. The van der Waals surface area contributed by atoms with Gasteiger partial charge in [-0.1, -0.05) is 42.5 Å². The lowest BCUT2D eigenvalue weighted by Crippen LogP contribution is -2.39. The van der Waals surface area contributed by atoms with Crippen molar-refractivity contribution in [3.8, 4) is 0 Å². The second kappa shape index (κ2) is 16.7. The van der Waals surface area contributed by atoms with Gasteiger partial charge in [0.05, 0.1) is 19.1 Å². The molecule has 1 aromatic rings. The van der Waals surface area contributed by atoms with Crippen LogP contribution in [-0.2, 0) is 25.7 Å². The molecule has 1 rings (SSSR count). The van der Waals surface area contributed by atoms with Crippen LogP contribution in [0.25, 0.3) is 0 Å². The number of ether oxygens (including phenoxy) is 1. The summed E-state index contributed by atoms with van der Waals surface area (Å²) in [6.07, 6.45) is 6.63. The largest absolute Gasteiger partial charge is 0.464 e. The van der Waals surface area contributed by atoms with Gasteiger partial charge >= 0.3 is 5.97 Å². The number of carbonyl (C=O) groups is 3. The van der Waals surface area contributed by atoms with Gasteiger partial charge in [0.2, 0.25) is 11.8 Å². The van der Waals surface area contributed by atoms with Gasteiger partial charge in [0.25, 0.3) is 0 Å². The third kappa shape index (κ3) is 11.5. The first-order valence-corrected chi connectivity index (χ1v) is 11.1. The normalized spacial score (nSPS) is 11.3. The molecule has 0 bridgehead atoms. The number of allylic oxidation sites excluding steroid dienone is 2. The Morgan fingerprint density at radius 1 is 1.12 bits per heavy atom. The van der Waals surface area contributed by atoms with E-state index < -0.39 is 5.92 Å². The van der Waals surface area contributed by atoms with E-state index in [1.54, 1.807) is 11.0 Å². The topological polar surface area (TPSA) is 95.9 Å². The summed E-state index contributed by atoms with van der Waals surface area (Å²) in [5, 5.41) is 12.1. The number of aliphatic hydroxyl groups excluding tert-OH is 1. The van der Waals surface area contributed by atoms with Gasteiger partial charge in [-0.05, 0) is 31.2 Å². The van der Waals surface area contributed by atoms with E-state index in [9.17, 15) is 19.5 Å². The average molecular weight is 445 g/mol. The molecule has 1 aromatic carbocycles. The van der Waals surface area contributed by atoms with Crippen LogP contribution in [-0.4, -0.2) is 54.1 Å². The lowest BCUT2D eigenvalue weighted by Gasteiger charge is -2.24. The molecule has 176 valence electrons. The molecule has 1 atom stereocenters. The standard InChI is InChI=1S/C25H36N2O5/c1-3-5-6-10-14-24(30)32-18-15-26-25(31)22(11-4-2)19-23(29)27(16-17-28)20-21-12-8-7-9-13-21/h3-4,7-9,12-13,22,28H,1-2,5-6,10-11,14-20H2,(H,26,31). The number of unbranched alkanes of at least 4 members (excludes halogenated alkanes) is 2. The second-order valence-electron chi connectivity index (χ2n) is 7.50. The van der Waals surface area contributed by atoms with Gasteiger partial charge in [-0.3, -0.25) is 14.4 Å². The molecule has 2 amide bonds. The van der Waals surface area contributed by atoms with E-state index in [-0.39, 0.29) is 50.5 Å². The van der Waals surface area contributed by atoms with Crippen LogP contribution in [0.4, 0.5) is 0 Å². The van der Waals surface area contributed by atoms with E-state index in [0.29, 0.717) is 19.4 Å². The summed E-state index contributed by atoms with van der Waals surface area (Å²) in [4.78, 5) is 38.6. The molecule has 0 radical (unpaired) electrons. The van der Waals surface area contributed by atoms with Crippen molar-refractivity contribution in [3.05, 3.63) is 61.2 Å². The third-order valence-corrected chi connectivity index (χ3v) is 4.89. The number of nitrogens with zero attached hydrogens (tertiary/aromatic N) is 1. The van der Waals surface area contributed by atoms with E-state index in [2.05, 4.69) is 18.5 Å². The molecule has 32 heavy (non-hydrogen) atoms. The van der Waals surface area contributed by atoms with Crippen molar-refractivity contribution in [2.75, 3.05) is 26.3 Å². The van der Waals surface area contributed by atoms with Gasteiger partial charge in [-0.2, -0.15) is 0 Å². The molecule has 7 nitrogen and oxygen atoms in total. The minimum Gasteiger partial charge on any atom is -0.464 e. The average Bonchev–Trinajstić information content (AvgIpc) is 2.79. The number of amides is 2. The Labute approximate surface area is 191 Å². The van der Waals surface area contributed by atoms with Crippen molar-refractivity contribution in [2.24, 2.45) is 5.92 Å². The van der Waals surface area contributed by atoms with Gasteiger partial charge in [0.1, 0.15) is 6.61 Å². The Kier molecular flexibility index (Phi) is 14.2. The van der Waals surface area contributed by atoms with E-state index in [0.717, 1.165) is 24.8 Å². The number of hydrogen-bond acceptors (Lipinski definition) is 5. The maximum absolute atomic E-state index is 12.8. The quantitative estimate of drug-likeness (QED) is 0.219. The smallest absolute Gasteiger partial charge is 0.305 e. The van der Waals surface area contributed by atoms with Crippen molar-refractivity contribution in [1.82, 2.24) is 10.2 Å². The van der Waals surface area contributed by atoms with Crippen molar-refractivity contribution in [3.63, 3.8) is 0 Å². The molecule has 0 saturated carbocycles. The van der Waals surface area contributed by atoms with Crippen LogP contribution >= 0.6 is 0 Å². The summed E-state index contributed by atoms with van der Waals surface area (Å²) in [6, 6.07) is 9.49. The zero-order valence-corrected chi connectivity index (χ0v) is 18.8. The predicted molar refractivity (Wildman–Crippen MR) is 124 cm³/mol. The summed E-state index contributed by atoms with van der Waals surface area (Å²) >= 11 is 0. The van der Waals surface area contributed by atoms with Crippen molar-refractivity contribution < 1.29 is 24.2 Å². The van der Waals surface area contributed by atoms with Crippen LogP contribution in [0.15, 0.2) is 55.6 Å². The highest BCUT2D eigenvalue weighted by molar-refractivity contribution is 5.86. The molecule has 0 heterocycles. The van der Waals surface area contributed by atoms with Crippen LogP contribution in [0, 0.1) is 5.92 Å². The number of carbonyl (C=O) groups excluding carboxylic acids is 3. The van der Waals surface area contributed by atoms with E-state index >= 15 is 0 Å². The fraction of sp³-hybridized carbons (Fsp3) is 0.480. The molecule has 0 aromatic heterocycles. The maximum atomic E-state index is 12.8. The molecule has 1 unspecified atom stereocenters. The highest BCUT2D eigenvalue weighted by Gasteiger charge is 2.24. The van der Waals surface area contributed by atoms with Crippen molar-refractivity contribution in [2.45, 2.75) is 45.1 Å². The Morgan fingerprint density at radius 2 is 1.88 bits per heavy atom. The number of esters is 1. The summed E-state index contributed by atoms with van der Waals surface area (Å²) < 4.78 is 5.13. The van der Waals surface area contributed by atoms with Crippen molar-refractivity contribution in [1.29, 1.82) is 0 Å². The molecule has 2 N–H and O–H groups in total. The van der Waals surface area contributed by atoms with Gasteiger partial charge in [-0.25, -0.2) is 0 Å². The lowest BCUT2D eigenvalue weighted by molar-refractivity contribution is -0.144. The molecular formula is C25H36N2O5. The molecular weight excluding hydrogens is 408 g/mol. The minimum absolute atomic E-state index is 0.00772. The third-order valence-electron chi connectivity index (χ3n) is 4.89. The van der Waals surface area contributed by atoms with Gasteiger partial charge in [0, 0.05) is 25.9 Å². The molecule has 0 aliphatic heterocycles. The number of nitrogens with one attached hydrogen (secondary N) is 1. The van der Waals surface area contributed by atoms with Gasteiger partial charge in [0.15, 0.2) is 0 Å². The fourth-order valence-corrected chi connectivity index (χ4v) is 3.15. The fourth-order valence-electron chi connectivity index (χ4n) is 3.15. The monoisotopic (exact) mass is 444 g/mol. The Balaban J connectivity index is 2.49. The molecule has 0 fully saturated rings. The van der Waals surface area contributed by atoms with E-state index in [4.69, 9.17) is 4.74 Å². The highest BCUT2D eigenvalue weighted by atomic mass is 16.5. The number of hydrogen-bond donors (Lipinski definition) is 2. The van der Waals surface area contributed by atoms with E-state index in [1.165, 1.54) is 0 Å². The molecule has 0 aliphatic rings. The van der Waals surface area contributed by atoms with Gasteiger partial charge < -0.3 is 20.1 Å². The second-order valence-corrected chi connectivity index (χ2v) is 7.50. The zero-order valence-electron chi connectivity index (χ0n) is 18.8. The van der Waals surface area contributed by atoms with Crippen LogP contribution in [0.5, 0.6) is 0 Å². The molecule has 0 spiro atoms. The van der Waals surface area contributed by atoms with Crippen LogP contribution in [0.2, 0.25) is 0 Å². The molecule has 0 saturated heterocycles. The first-order valence-electron chi connectivity index (χ1n) is 11.1. The lowest BCUT2D eigenvalue weighted by atomic mass is 9.99. The molecule has 7 heteroatoms. The Morgan fingerprint density at radius 3 is 2.53 bits per heavy atom. The van der Waals surface area contributed by atoms with Crippen LogP contribution in [0.1, 0.15) is 44.1 Å². The van der Waals surface area contributed by atoms with Crippen LogP contribution in [0.3, 0.4) is 0 Å². The number of rotatable bonds is 17. The zero-order chi connectivity index (χ0) is 23.6. The number of benzene rings is 1. The van der Waals surface area contributed by atoms with E-state index in [1.807, 2.05) is 36.4 Å². The highest BCUT2D eigenvalue weighted by Crippen LogP contribution is 2.14. The summed E-state index contributed by atoms with van der Waals surface area (Å²) in [6.45, 7) is 8.00. The predicted octanol–water partition coefficient (Wildman–Crippen LogP) is 3.00. The number of aliphatic hydroxyl groups is 1. The molecule has 0 aliphatic carbocycles. The SMILES string of the molecule is C=CCCCCC(=O)OCCNC(=O)C(CC=C)CC(=O)N(CCO)Cc1ccccc1. The van der Waals surface area contributed by atoms with Crippen molar-refractivity contribution >= 4 is 17.8 Å². The Hall–Kier alpha value is -2.93. The first-order chi connectivity index (χ1) is 15.5. The maximum Gasteiger partial charge on any atom is 0.305 e. The first kappa shape index (κ1) is 27.1. The summed E-state index contributed by atoms with van der Waals surface area (Å²) in [7, 11) is 0. The van der Waals surface area contributed by atoms with Gasteiger partial charge in [-0.15, -0.1) is 13.2 Å². The Bertz CT molecular complexity index is 720. The van der Waals surface area contributed by atoms with Crippen LogP contribution < -0.4 is 5.32 Å². The summed E-state index contributed by atoms with van der Waals surface area (Å²) in [5.41, 5.74) is 0.949.